The van der Waals surface area contributed by atoms with Gasteiger partial charge in [0.15, 0.2) is 5.03 Å². The lowest BCUT2D eigenvalue weighted by Gasteiger charge is -2.19. The van der Waals surface area contributed by atoms with Gasteiger partial charge in [-0.1, -0.05) is 18.2 Å². The van der Waals surface area contributed by atoms with Crippen molar-refractivity contribution in [2.45, 2.75) is 69.5 Å². The number of carbonyl (C=O) groups is 1. The number of nitrogens with one attached hydrogen (secondary N) is 1. The van der Waals surface area contributed by atoms with E-state index in [0.29, 0.717) is 12.2 Å². The molecule has 0 radical (unpaired) electrons. The third-order valence-electron chi connectivity index (χ3n) is 6.80. The van der Waals surface area contributed by atoms with Crippen molar-refractivity contribution in [3.8, 4) is 5.75 Å². The maximum absolute atomic E-state index is 11.4. The van der Waals surface area contributed by atoms with Crippen LogP contribution < -0.4 is 20.9 Å². The van der Waals surface area contributed by atoms with Crippen molar-refractivity contribution in [1.82, 2.24) is 9.78 Å². The lowest BCUT2D eigenvalue weighted by atomic mass is 9.99. The number of ether oxygens (including phenoxy) is 1. The fraction of sp³-hybridized carbons (Fsp3) is 0.407. The van der Waals surface area contributed by atoms with E-state index < -0.39 is 22.6 Å². The van der Waals surface area contributed by atoms with E-state index in [9.17, 15) is 14.1 Å². The van der Waals surface area contributed by atoms with Crippen LogP contribution in [0.3, 0.4) is 0 Å². The number of methoxy groups -OCH3 is 1. The molecule has 3 aromatic rings. The molecule has 2 aliphatic rings. The molecule has 2 aromatic carbocycles. The smallest absolute Gasteiger partial charge is 0.316 e. The second-order valence-electron chi connectivity index (χ2n) is 9.95. The molecule has 10 heteroatoms. The van der Waals surface area contributed by atoms with E-state index in [1.165, 1.54) is 35.1 Å². The summed E-state index contributed by atoms with van der Waals surface area (Å²) in [6.07, 6.45) is 6.86. The number of hydrogen-bond donors (Lipinski definition) is 4. The molecule has 0 saturated heterocycles. The number of nitrogens with two attached hydrogens (primary N) is 2. The average molecular weight is 526 g/mol. The fourth-order valence-electron chi connectivity index (χ4n) is 5.10. The van der Waals surface area contributed by atoms with Crippen LogP contribution in [0.25, 0.3) is 0 Å². The zero-order valence-corrected chi connectivity index (χ0v) is 22.4. The number of amides is 2. The molecule has 0 fully saturated rings. The van der Waals surface area contributed by atoms with E-state index in [-0.39, 0.29) is 5.03 Å². The first-order chi connectivity index (χ1) is 17.6. The van der Waals surface area contributed by atoms with Gasteiger partial charge < -0.3 is 20.9 Å². The van der Waals surface area contributed by atoms with E-state index in [2.05, 4.69) is 16.5 Å². The third-order valence-corrected chi connectivity index (χ3v) is 7.41. The predicted octanol–water partition coefficient (Wildman–Crippen LogP) is 3.30. The number of urea groups is 1. The Hall–Kier alpha value is -3.21. The van der Waals surface area contributed by atoms with Crippen LogP contribution in [0.1, 0.15) is 60.2 Å². The summed E-state index contributed by atoms with van der Waals surface area (Å²) in [5.41, 5.74) is 12.3. The summed E-state index contributed by atoms with van der Waals surface area (Å²) in [5, 5.41) is 22.9. The van der Waals surface area contributed by atoms with Gasteiger partial charge in [0.1, 0.15) is 22.3 Å². The van der Waals surface area contributed by atoms with Crippen molar-refractivity contribution in [3.63, 3.8) is 0 Å². The summed E-state index contributed by atoms with van der Waals surface area (Å²) in [7, 11) is -0.0705. The number of nitrogens with zero attached hydrogens (tertiary/aromatic N) is 2. The molecule has 1 atom stereocenters. The number of aryl methyl sites for hydroxylation is 2. The van der Waals surface area contributed by atoms with Gasteiger partial charge in [0, 0.05) is 11.8 Å². The monoisotopic (exact) mass is 525 g/mol. The van der Waals surface area contributed by atoms with Crippen LogP contribution in [-0.4, -0.2) is 32.2 Å². The van der Waals surface area contributed by atoms with E-state index in [0.717, 1.165) is 42.7 Å². The number of anilines is 1. The SMILES string of the molecule is COc1ccc(Cn2nc(S(N)=O)cc2C(C)(C)O)cc1.NC(=O)Nc1c2c(cc3c1CCC3)CCC2. The highest BCUT2D eigenvalue weighted by Gasteiger charge is 2.25. The number of aliphatic hydroxyl groups is 1. The summed E-state index contributed by atoms with van der Waals surface area (Å²) in [6.45, 7) is 3.75. The standard InChI is InChI=1S/C14H19N3O3S.C13H16N2O/c1-14(2,18)12-8-13(21(15)19)16-17(12)9-10-4-6-11(20-3)7-5-10;14-13(16)15-12-10-5-1-3-8(10)7-9-4-2-6-11(9)12/h4-8,18H,9,15H2,1-3H3;7H,1-6H2,(H3,14,15,16). The molecule has 9 nitrogen and oxygen atoms in total. The summed E-state index contributed by atoms with van der Waals surface area (Å²) in [5.74, 6) is 0.769. The Bertz CT molecular complexity index is 1280. The van der Waals surface area contributed by atoms with Crippen LogP contribution in [0.15, 0.2) is 41.4 Å². The molecule has 0 spiro atoms. The summed E-state index contributed by atoms with van der Waals surface area (Å²) in [4.78, 5) is 11.1. The van der Waals surface area contributed by atoms with E-state index >= 15 is 0 Å². The first kappa shape index (κ1) is 26.8. The Morgan fingerprint density at radius 1 is 1.11 bits per heavy atom. The number of hydrogen-bond acceptors (Lipinski definition) is 5. The van der Waals surface area contributed by atoms with Gasteiger partial charge in [-0.05, 0) is 92.3 Å². The van der Waals surface area contributed by atoms with Crippen molar-refractivity contribution in [3.05, 3.63) is 69.9 Å². The maximum Gasteiger partial charge on any atom is 0.316 e. The number of carbonyl (C=O) groups excluding carboxylic acids is 1. The number of fused-ring (bicyclic) bond motifs is 2. The Kier molecular flexibility index (Phi) is 8.01. The number of rotatable bonds is 6. The molecule has 0 bridgehead atoms. The first-order valence-electron chi connectivity index (χ1n) is 12.4. The van der Waals surface area contributed by atoms with Gasteiger partial charge in [0.2, 0.25) is 0 Å². The van der Waals surface area contributed by atoms with Crippen LogP contribution in [0.4, 0.5) is 10.5 Å². The first-order valence-corrected chi connectivity index (χ1v) is 13.6. The van der Waals surface area contributed by atoms with Gasteiger partial charge in [-0.25, -0.2) is 14.1 Å². The molecule has 2 aliphatic carbocycles. The minimum absolute atomic E-state index is 0.251. The summed E-state index contributed by atoms with van der Waals surface area (Å²) in [6, 6.07) is 11.0. The van der Waals surface area contributed by atoms with Gasteiger partial charge in [-0.2, -0.15) is 5.10 Å². The molecule has 5 rings (SSSR count). The van der Waals surface area contributed by atoms with Crippen LogP contribution in [-0.2, 0) is 48.8 Å². The van der Waals surface area contributed by atoms with Crippen LogP contribution in [0.2, 0.25) is 0 Å². The summed E-state index contributed by atoms with van der Waals surface area (Å²) >= 11 is 0. The highest BCUT2D eigenvalue weighted by Crippen LogP contribution is 2.38. The van der Waals surface area contributed by atoms with Gasteiger partial charge >= 0.3 is 6.03 Å². The van der Waals surface area contributed by atoms with Crippen LogP contribution in [0, 0.1) is 0 Å². The third kappa shape index (κ3) is 6.20. The van der Waals surface area contributed by atoms with E-state index in [1.807, 2.05) is 24.3 Å². The number of aromatic nitrogens is 2. The quantitative estimate of drug-likeness (QED) is 0.390. The Labute approximate surface area is 219 Å². The van der Waals surface area contributed by atoms with Gasteiger partial charge in [-0.15, -0.1) is 0 Å². The molecule has 198 valence electrons. The average Bonchev–Trinajstić information content (AvgIpc) is 3.59. The molecule has 1 heterocycles. The predicted molar refractivity (Wildman–Crippen MR) is 144 cm³/mol. The Morgan fingerprint density at radius 3 is 2.19 bits per heavy atom. The molecule has 37 heavy (non-hydrogen) atoms. The van der Waals surface area contributed by atoms with Gasteiger partial charge in [0.25, 0.3) is 0 Å². The van der Waals surface area contributed by atoms with Gasteiger partial charge in [-0.3, -0.25) is 4.68 Å². The van der Waals surface area contributed by atoms with Crippen molar-refractivity contribution in [1.29, 1.82) is 0 Å². The lowest BCUT2D eigenvalue weighted by Crippen LogP contribution is -2.21. The fourth-order valence-corrected chi connectivity index (χ4v) is 5.51. The van der Waals surface area contributed by atoms with Crippen molar-refractivity contribution in [2.24, 2.45) is 10.9 Å². The molecule has 0 aliphatic heterocycles. The molecule has 1 aromatic heterocycles. The van der Waals surface area contributed by atoms with Gasteiger partial charge in [0.05, 0.1) is 19.3 Å². The molecule has 1 unspecified atom stereocenters. The van der Waals surface area contributed by atoms with Crippen molar-refractivity contribution in [2.75, 3.05) is 12.4 Å². The molecule has 6 N–H and O–H groups in total. The second-order valence-corrected chi connectivity index (χ2v) is 11.0. The highest BCUT2D eigenvalue weighted by atomic mass is 32.2. The Morgan fingerprint density at radius 2 is 1.70 bits per heavy atom. The van der Waals surface area contributed by atoms with Crippen LogP contribution in [0.5, 0.6) is 5.75 Å². The van der Waals surface area contributed by atoms with Crippen LogP contribution >= 0.6 is 0 Å². The van der Waals surface area contributed by atoms with E-state index in [1.54, 1.807) is 31.7 Å². The summed E-state index contributed by atoms with van der Waals surface area (Å²) < 4.78 is 18.1. The number of primary amides is 1. The normalized spacial score (nSPS) is 14.8. The molecular weight excluding hydrogens is 490 g/mol. The van der Waals surface area contributed by atoms with Crippen molar-refractivity contribution >= 4 is 22.7 Å². The maximum atomic E-state index is 11.4. The number of benzene rings is 2. The zero-order valence-electron chi connectivity index (χ0n) is 21.5. The zero-order chi connectivity index (χ0) is 26.7. The Balaban J connectivity index is 0.000000179. The largest absolute Gasteiger partial charge is 0.497 e. The molecular formula is C27H35N5O4S. The van der Waals surface area contributed by atoms with E-state index in [4.69, 9.17) is 15.6 Å². The second kappa shape index (κ2) is 11.0. The van der Waals surface area contributed by atoms with Crippen molar-refractivity contribution < 1.29 is 18.8 Å². The highest BCUT2D eigenvalue weighted by molar-refractivity contribution is 7.82. The molecule has 2 amide bonds. The minimum atomic E-state index is -1.68. The molecule has 0 saturated carbocycles. The topological polar surface area (TPSA) is 145 Å². The lowest BCUT2D eigenvalue weighted by molar-refractivity contribution is 0.0688. The minimum Gasteiger partial charge on any atom is -0.497 e.